The molecular weight excluding hydrogens is 198 g/mol. The molecule has 0 radical (unpaired) electrons. The first-order valence-electron chi connectivity index (χ1n) is 6.43. The lowest BCUT2D eigenvalue weighted by Gasteiger charge is -2.21. The van der Waals surface area contributed by atoms with Gasteiger partial charge in [0.15, 0.2) is 0 Å². The molecule has 1 fully saturated rings. The maximum Gasteiger partial charge on any atom is 0.125 e. The van der Waals surface area contributed by atoms with Crippen molar-refractivity contribution in [2.24, 2.45) is 7.05 Å². The van der Waals surface area contributed by atoms with Crippen LogP contribution in [0.25, 0.3) is 0 Å². The molecule has 2 N–H and O–H groups in total. The number of anilines is 1. The topological polar surface area (TPSA) is 43.8 Å². The molecule has 0 aliphatic heterocycles. The van der Waals surface area contributed by atoms with Gasteiger partial charge in [-0.2, -0.15) is 5.10 Å². The van der Waals surface area contributed by atoms with Gasteiger partial charge >= 0.3 is 0 Å². The van der Waals surface area contributed by atoms with Crippen LogP contribution in [0, 0.1) is 0 Å². The molecule has 1 heterocycles. The van der Waals surface area contributed by atoms with Crippen LogP contribution in [0.2, 0.25) is 0 Å². The molecule has 0 saturated heterocycles. The van der Waals surface area contributed by atoms with E-state index in [1.54, 1.807) is 0 Å². The van der Waals surface area contributed by atoms with Gasteiger partial charge in [0, 0.05) is 18.5 Å². The molecule has 2 rings (SSSR count). The van der Waals surface area contributed by atoms with Crippen molar-refractivity contribution in [1.29, 1.82) is 0 Å². The Hall–Kier alpha value is -0.990. The number of rotatable bonds is 2. The minimum absolute atomic E-state index is 0.477. The molecule has 3 nitrogen and oxygen atoms in total. The van der Waals surface area contributed by atoms with Crippen LogP contribution >= 0.6 is 0 Å². The van der Waals surface area contributed by atoms with E-state index in [-0.39, 0.29) is 0 Å². The lowest BCUT2D eigenvalue weighted by Crippen LogP contribution is -2.08. The summed E-state index contributed by atoms with van der Waals surface area (Å²) in [4.78, 5) is 0. The summed E-state index contributed by atoms with van der Waals surface area (Å²) in [5.74, 6) is 1.98. The summed E-state index contributed by atoms with van der Waals surface area (Å²) in [7, 11) is 1.95. The SMILES string of the molecule is CC(C)c1c(C2CCCCC2)nn(C)c1N. The number of aromatic nitrogens is 2. The van der Waals surface area contributed by atoms with Crippen molar-refractivity contribution in [3.63, 3.8) is 0 Å². The Balaban J connectivity index is 2.35. The summed E-state index contributed by atoms with van der Waals surface area (Å²) < 4.78 is 1.85. The molecule has 1 aliphatic rings. The van der Waals surface area contributed by atoms with E-state index < -0.39 is 0 Å². The van der Waals surface area contributed by atoms with Crippen molar-refractivity contribution in [1.82, 2.24) is 9.78 Å². The van der Waals surface area contributed by atoms with Crippen LogP contribution in [-0.4, -0.2) is 9.78 Å². The monoisotopic (exact) mass is 221 g/mol. The fraction of sp³-hybridized carbons (Fsp3) is 0.769. The maximum atomic E-state index is 6.11. The summed E-state index contributed by atoms with van der Waals surface area (Å²) in [6.07, 6.45) is 6.65. The first-order valence-corrected chi connectivity index (χ1v) is 6.43. The Bertz CT molecular complexity index is 359. The van der Waals surface area contributed by atoms with Gasteiger partial charge in [-0.05, 0) is 18.8 Å². The van der Waals surface area contributed by atoms with Gasteiger partial charge in [0.1, 0.15) is 5.82 Å². The number of nitrogens with zero attached hydrogens (tertiary/aromatic N) is 2. The summed E-state index contributed by atoms with van der Waals surface area (Å²) in [6.45, 7) is 4.42. The first kappa shape index (κ1) is 11.5. The highest BCUT2D eigenvalue weighted by molar-refractivity contribution is 5.46. The molecule has 0 aromatic carbocycles. The number of hydrogen-bond donors (Lipinski definition) is 1. The zero-order valence-electron chi connectivity index (χ0n) is 10.7. The number of aryl methyl sites for hydroxylation is 1. The average molecular weight is 221 g/mol. The van der Waals surface area contributed by atoms with Crippen molar-refractivity contribution in [2.45, 2.75) is 57.8 Å². The van der Waals surface area contributed by atoms with E-state index in [0.29, 0.717) is 11.8 Å². The van der Waals surface area contributed by atoms with Gasteiger partial charge in [0.25, 0.3) is 0 Å². The second-order valence-electron chi connectivity index (χ2n) is 5.30. The minimum Gasteiger partial charge on any atom is -0.384 e. The van der Waals surface area contributed by atoms with Crippen LogP contribution in [-0.2, 0) is 7.05 Å². The lowest BCUT2D eigenvalue weighted by atomic mass is 9.84. The van der Waals surface area contributed by atoms with Crippen molar-refractivity contribution >= 4 is 5.82 Å². The van der Waals surface area contributed by atoms with Crippen LogP contribution < -0.4 is 5.73 Å². The molecule has 1 aromatic rings. The predicted octanol–water partition coefficient (Wildman–Crippen LogP) is 3.17. The number of nitrogens with two attached hydrogens (primary N) is 1. The highest BCUT2D eigenvalue weighted by atomic mass is 15.3. The largest absolute Gasteiger partial charge is 0.384 e. The number of nitrogen functional groups attached to an aromatic ring is 1. The van der Waals surface area contributed by atoms with Crippen molar-refractivity contribution in [3.05, 3.63) is 11.3 Å². The van der Waals surface area contributed by atoms with E-state index >= 15 is 0 Å². The Morgan fingerprint density at radius 3 is 2.44 bits per heavy atom. The number of hydrogen-bond acceptors (Lipinski definition) is 2. The summed E-state index contributed by atoms with van der Waals surface area (Å²) in [5, 5.41) is 4.65. The third-order valence-corrected chi connectivity index (χ3v) is 3.73. The van der Waals surface area contributed by atoms with Gasteiger partial charge in [0.05, 0.1) is 5.69 Å². The van der Waals surface area contributed by atoms with Gasteiger partial charge < -0.3 is 5.73 Å². The molecule has 16 heavy (non-hydrogen) atoms. The molecule has 1 aliphatic carbocycles. The summed E-state index contributed by atoms with van der Waals surface area (Å²) in [6, 6.07) is 0. The molecule has 0 amide bonds. The molecule has 0 unspecified atom stereocenters. The predicted molar refractivity (Wildman–Crippen MR) is 67.5 cm³/mol. The highest BCUT2D eigenvalue weighted by Gasteiger charge is 2.25. The molecule has 3 heteroatoms. The fourth-order valence-corrected chi connectivity index (χ4v) is 2.84. The summed E-state index contributed by atoms with van der Waals surface area (Å²) in [5.41, 5.74) is 8.67. The Kier molecular flexibility index (Phi) is 3.22. The molecule has 0 atom stereocenters. The molecule has 90 valence electrons. The Morgan fingerprint density at radius 1 is 1.25 bits per heavy atom. The molecular formula is C13H23N3. The average Bonchev–Trinajstić information content (AvgIpc) is 2.57. The van der Waals surface area contributed by atoms with Crippen LogP contribution in [0.15, 0.2) is 0 Å². The van der Waals surface area contributed by atoms with Gasteiger partial charge in [0.2, 0.25) is 0 Å². The quantitative estimate of drug-likeness (QED) is 0.833. The van der Waals surface area contributed by atoms with Crippen LogP contribution in [0.1, 0.15) is 69.0 Å². The minimum atomic E-state index is 0.477. The van der Waals surface area contributed by atoms with Crippen molar-refractivity contribution in [3.8, 4) is 0 Å². The van der Waals surface area contributed by atoms with Crippen molar-refractivity contribution in [2.75, 3.05) is 5.73 Å². The molecule has 1 aromatic heterocycles. The molecule has 1 saturated carbocycles. The standard InChI is InChI=1S/C13H23N3/c1-9(2)11-12(15-16(3)13(11)14)10-7-5-4-6-8-10/h9-10H,4-8,14H2,1-3H3. The van der Waals surface area contributed by atoms with Gasteiger partial charge in [-0.25, -0.2) is 0 Å². The second-order valence-corrected chi connectivity index (χ2v) is 5.30. The fourth-order valence-electron chi connectivity index (χ4n) is 2.84. The van der Waals surface area contributed by atoms with E-state index in [1.165, 1.54) is 43.4 Å². The smallest absolute Gasteiger partial charge is 0.125 e. The Morgan fingerprint density at radius 2 is 1.88 bits per heavy atom. The van der Waals surface area contributed by atoms with Crippen LogP contribution in [0.3, 0.4) is 0 Å². The van der Waals surface area contributed by atoms with Crippen molar-refractivity contribution < 1.29 is 0 Å². The van der Waals surface area contributed by atoms with Crippen LogP contribution in [0.5, 0.6) is 0 Å². The first-order chi connectivity index (χ1) is 7.61. The van der Waals surface area contributed by atoms with E-state index in [2.05, 4.69) is 18.9 Å². The molecule has 0 spiro atoms. The third kappa shape index (κ3) is 1.95. The zero-order valence-corrected chi connectivity index (χ0v) is 10.7. The normalized spacial score (nSPS) is 18.2. The van der Waals surface area contributed by atoms with E-state index in [9.17, 15) is 0 Å². The third-order valence-electron chi connectivity index (χ3n) is 3.73. The maximum absolute atomic E-state index is 6.11. The van der Waals surface area contributed by atoms with E-state index in [4.69, 9.17) is 5.73 Å². The molecule has 0 bridgehead atoms. The zero-order chi connectivity index (χ0) is 11.7. The van der Waals surface area contributed by atoms with Crippen LogP contribution in [0.4, 0.5) is 5.82 Å². The summed E-state index contributed by atoms with van der Waals surface area (Å²) >= 11 is 0. The van der Waals surface area contributed by atoms with Gasteiger partial charge in [-0.15, -0.1) is 0 Å². The van der Waals surface area contributed by atoms with E-state index in [1.807, 2.05) is 11.7 Å². The van der Waals surface area contributed by atoms with Gasteiger partial charge in [-0.1, -0.05) is 33.1 Å². The lowest BCUT2D eigenvalue weighted by molar-refractivity contribution is 0.431. The highest BCUT2D eigenvalue weighted by Crippen LogP contribution is 2.37. The second kappa shape index (κ2) is 4.48. The Labute approximate surface area is 98.0 Å². The van der Waals surface area contributed by atoms with E-state index in [0.717, 1.165) is 5.82 Å². The van der Waals surface area contributed by atoms with Gasteiger partial charge in [-0.3, -0.25) is 4.68 Å².